The highest BCUT2D eigenvalue weighted by Crippen LogP contribution is 2.32. The zero-order valence-corrected chi connectivity index (χ0v) is 11.2. The average molecular weight is 334 g/mol. The largest absolute Gasteiger partial charge is 0.573 e. The minimum atomic E-state index is -4.97. The molecule has 0 spiro atoms. The summed E-state index contributed by atoms with van der Waals surface area (Å²) in [5.74, 6) is -1.20. The second-order valence-corrected chi connectivity index (χ2v) is 5.96. The predicted octanol–water partition coefficient (Wildman–Crippen LogP) is 3.12. The van der Waals surface area contributed by atoms with E-state index in [1.54, 1.807) is 0 Å². The molecule has 0 aliphatic rings. The summed E-state index contributed by atoms with van der Waals surface area (Å²) >= 11 is 5.44. The van der Waals surface area contributed by atoms with Gasteiger partial charge in [-0.1, -0.05) is 0 Å². The van der Waals surface area contributed by atoms with Crippen LogP contribution >= 0.6 is 22.3 Å². The summed E-state index contributed by atoms with van der Waals surface area (Å²) in [5, 5.41) is 8.77. The molecule has 4 nitrogen and oxygen atoms in total. The van der Waals surface area contributed by atoms with E-state index in [9.17, 15) is 21.6 Å². The van der Waals surface area contributed by atoms with Crippen LogP contribution in [0.25, 0.3) is 0 Å². The molecular weight excluding hydrogens is 330 g/mol. The van der Waals surface area contributed by atoms with Crippen LogP contribution in [0.2, 0.25) is 0 Å². The Morgan fingerprint density at radius 3 is 2.32 bits per heavy atom. The third kappa shape index (κ3) is 4.16. The Kier molecular flexibility index (Phi) is 4.55. The standard InChI is InChI=1S/C9H4Cl2F3NO3S/c10-3-5-1-7(18-9(12,13)14)2-6(4-15)8(5)19(11,16)17/h1-2H,3H2. The molecule has 0 radical (unpaired) electrons. The Labute approximate surface area is 115 Å². The molecule has 10 heteroatoms. The molecule has 0 fully saturated rings. The fourth-order valence-corrected chi connectivity index (χ4v) is 2.97. The molecule has 0 unspecified atom stereocenters. The number of nitrogens with zero attached hydrogens (tertiary/aromatic N) is 1. The Bertz CT molecular complexity index is 637. The van der Waals surface area contributed by atoms with Crippen LogP contribution in [-0.2, 0) is 14.9 Å². The maximum absolute atomic E-state index is 12.1. The third-order valence-electron chi connectivity index (χ3n) is 1.88. The Balaban J connectivity index is 3.51. The number of hydrogen-bond donors (Lipinski definition) is 0. The summed E-state index contributed by atoms with van der Waals surface area (Å²) < 4.78 is 62.4. The van der Waals surface area contributed by atoms with Crippen molar-refractivity contribution >= 4 is 31.3 Å². The number of rotatable bonds is 3. The van der Waals surface area contributed by atoms with Crippen molar-refractivity contribution in [3.8, 4) is 11.8 Å². The van der Waals surface area contributed by atoms with Crippen molar-refractivity contribution in [2.45, 2.75) is 17.1 Å². The molecule has 0 aliphatic heterocycles. The summed E-state index contributed by atoms with van der Waals surface area (Å²) in [6, 6.07) is 2.82. The molecule has 0 N–H and O–H groups in total. The van der Waals surface area contributed by atoms with E-state index >= 15 is 0 Å². The molecule has 0 amide bonds. The minimum Gasteiger partial charge on any atom is -0.406 e. The normalized spacial score (nSPS) is 12.0. The number of halogens is 5. The zero-order chi connectivity index (χ0) is 14.8. The van der Waals surface area contributed by atoms with Crippen molar-refractivity contribution in [1.29, 1.82) is 5.26 Å². The molecule has 0 aromatic heterocycles. The minimum absolute atomic E-state index is 0.255. The topological polar surface area (TPSA) is 67.2 Å². The molecule has 19 heavy (non-hydrogen) atoms. The highest BCUT2D eigenvalue weighted by molar-refractivity contribution is 8.13. The van der Waals surface area contributed by atoms with Crippen molar-refractivity contribution in [3.63, 3.8) is 0 Å². The third-order valence-corrected chi connectivity index (χ3v) is 3.60. The highest BCUT2D eigenvalue weighted by Gasteiger charge is 2.32. The molecule has 0 bridgehead atoms. The van der Waals surface area contributed by atoms with Crippen molar-refractivity contribution in [2.75, 3.05) is 0 Å². The number of ether oxygens (including phenoxy) is 1. The molecule has 1 aromatic rings. The van der Waals surface area contributed by atoms with Gasteiger partial charge in [-0.25, -0.2) is 8.42 Å². The van der Waals surface area contributed by atoms with Gasteiger partial charge in [0.15, 0.2) is 0 Å². The lowest BCUT2D eigenvalue weighted by Gasteiger charge is -2.12. The maximum Gasteiger partial charge on any atom is 0.573 e. The molecule has 104 valence electrons. The molecule has 0 aliphatic carbocycles. The first kappa shape index (κ1) is 15.9. The molecule has 0 heterocycles. The predicted molar refractivity (Wildman–Crippen MR) is 60.4 cm³/mol. The van der Waals surface area contributed by atoms with Crippen LogP contribution < -0.4 is 4.74 Å². The second kappa shape index (κ2) is 5.45. The number of alkyl halides is 4. The van der Waals surface area contributed by atoms with E-state index in [1.165, 1.54) is 6.07 Å². The summed E-state index contributed by atoms with van der Waals surface area (Å²) in [5.41, 5.74) is -0.831. The van der Waals surface area contributed by atoms with Gasteiger partial charge in [0, 0.05) is 16.6 Å². The SMILES string of the molecule is N#Cc1cc(OC(F)(F)F)cc(CCl)c1S(=O)(=O)Cl. The summed E-state index contributed by atoms with van der Waals surface area (Å²) in [7, 11) is 0.791. The maximum atomic E-state index is 12.1. The van der Waals surface area contributed by atoms with E-state index in [0.717, 1.165) is 6.07 Å². The first-order valence-corrected chi connectivity index (χ1v) is 7.26. The van der Waals surface area contributed by atoms with Gasteiger partial charge in [0.2, 0.25) is 0 Å². The van der Waals surface area contributed by atoms with Gasteiger partial charge >= 0.3 is 6.36 Å². The van der Waals surface area contributed by atoms with Crippen molar-refractivity contribution < 1.29 is 26.3 Å². The molecule has 1 aromatic carbocycles. The van der Waals surface area contributed by atoms with Crippen LogP contribution in [0.15, 0.2) is 17.0 Å². The van der Waals surface area contributed by atoms with Crippen molar-refractivity contribution in [2.24, 2.45) is 0 Å². The lowest BCUT2D eigenvalue weighted by Crippen LogP contribution is -2.17. The van der Waals surface area contributed by atoms with E-state index in [2.05, 4.69) is 4.74 Å². The van der Waals surface area contributed by atoms with Crippen LogP contribution in [-0.4, -0.2) is 14.8 Å². The van der Waals surface area contributed by atoms with Gasteiger partial charge in [0.05, 0.1) is 5.56 Å². The fourth-order valence-electron chi connectivity index (χ4n) is 1.32. The van der Waals surface area contributed by atoms with E-state index in [0.29, 0.717) is 6.07 Å². The van der Waals surface area contributed by atoms with E-state index in [4.69, 9.17) is 27.5 Å². The van der Waals surface area contributed by atoms with Gasteiger partial charge in [-0.3, -0.25) is 0 Å². The molecule has 1 rings (SSSR count). The van der Waals surface area contributed by atoms with Gasteiger partial charge in [-0.15, -0.1) is 24.8 Å². The Hall–Kier alpha value is -1.17. The quantitative estimate of drug-likeness (QED) is 0.629. The number of benzene rings is 1. The average Bonchev–Trinajstić information content (AvgIpc) is 2.23. The lowest BCUT2D eigenvalue weighted by atomic mass is 10.1. The Morgan fingerprint density at radius 2 is 1.95 bits per heavy atom. The van der Waals surface area contributed by atoms with E-state index in [-0.39, 0.29) is 5.56 Å². The summed E-state index contributed by atoms with van der Waals surface area (Å²) in [4.78, 5) is -0.624. The van der Waals surface area contributed by atoms with Crippen LogP contribution in [0.3, 0.4) is 0 Å². The van der Waals surface area contributed by atoms with E-state index < -0.39 is 37.5 Å². The molecular formula is C9H4Cl2F3NO3S. The van der Waals surface area contributed by atoms with Crippen LogP contribution in [0.5, 0.6) is 5.75 Å². The highest BCUT2D eigenvalue weighted by atomic mass is 35.7. The van der Waals surface area contributed by atoms with Gasteiger partial charge in [-0.2, -0.15) is 5.26 Å². The van der Waals surface area contributed by atoms with E-state index in [1.807, 2.05) is 0 Å². The van der Waals surface area contributed by atoms with Crippen molar-refractivity contribution in [1.82, 2.24) is 0 Å². The number of nitriles is 1. The monoisotopic (exact) mass is 333 g/mol. The Morgan fingerprint density at radius 1 is 1.37 bits per heavy atom. The van der Waals surface area contributed by atoms with Gasteiger partial charge in [0.25, 0.3) is 9.05 Å². The van der Waals surface area contributed by atoms with Gasteiger partial charge in [0.1, 0.15) is 16.7 Å². The zero-order valence-electron chi connectivity index (χ0n) is 8.83. The fraction of sp³-hybridized carbons (Fsp3) is 0.222. The second-order valence-electron chi connectivity index (χ2n) is 3.19. The molecule has 0 saturated carbocycles. The van der Waals surface area contributed by atoms with Gasteiger partial charge in [-0.05, 0) is 17.7 Å². The number of hydrogen-bond acceptors (Lipinski definition) is 4. The molecule has 0 atom stereocenters. The summed E-state index contributed by atoms with van der Waals surface area (Å²) in [6.07, 6.45) is -4.97. The lowest BCUT2D eigenvalue weighted by molar-refractivity contribution is -0.274. The first-order valence-electron chi connectivity index (χ1n) is 4.42. The smallest absolute Gasteiger partial charge is 0.406 e. The molecule has 0 saturated heterocycles. The van der Waals surface area contributed by atoms with Gasteiger partial charge < -0.3 is 4.74 Å². The van der Waals surface area contributed by atoms with Crippen LogP contribution in [0, 0.1) is 11.3 Å². The van der Waals surface area contributed by atoms with Crippen molar-refractivity contribution in [3.05, 3.63) is 23.3 Å². The first-order chi connectivity index (χ1) is 8.58. The van der Waals surface area contributed by atoms with Crippen LogP contribution in [0.4, 0.5) is 13.2 Å². The van der Waals surface area contributed by atoms with Crippen LogP contribution in [0.1, 0.15) is 11.1 Å². The summed E-state index contributed by atoms with van der Waals surface area (Å²) in [6.45, 7) is 0.